The van der Waals surface area contributed by atoms with Crippen LogP contribution in [0.15, 0.2) is 91.0 Å². The maximum Gasteiger partial charge on any atom is 0.325 e. The van der Waals surface area contributed by atoms with Gasteiger partial charge in [-0.05, 0) is 24.3 Å². The third-order valence-corrected chi connectivity index (χ3v) is 5.16. The van der Waals surface area contributed by atoms with E-state index in [4.69, 9.17) is 9.47 Å². The van der Waals surface area contributed by atoms with E-state index in [1.807, 2.05) is 60.7 Å². The van der Waals surface area contributed by atoms with Gasteiger partial charge < -0.3 is 20.1 Å². The monoisotopic (exact) mass is 484 g/mol. The Kier molecular flexibility index (Phi) is 7.72. The van der Waals surface area contributed by atoms with Crippen LogP contribution in [0.5, 0.6) is 5.75 Å². The lowest BCUT2D eigenvalue weighted by molar-refractivity contribution is -0.146. The summed E-state index contributed by atoms with van der Waals surface area (Å²) in [6.07, 6.45) is 0. The van der Waals surface area contributed by atoms with Crippen molar-refractivity contribution in [3.8, 4) is 22.7 Å². The minimum Gasteiger partial charge on any atom is -0.496 e. The number of ether oxygens (including phenoxy) is 2. The summed E-state index contributed by atoms with van der Waals surface area (Å²) < 4.78 is 11.8. The Labute approximate surface area is 207 Å². The van der Waals surface area contributed by atoms with Crippen LogP contribution in [-0.4, -0.2) is 47.8 Å². The number of carbonyl (C=O) groups is 3. The van der Waals surface area contributed by atoms with Gasteiger partial charge in [0, 0.05) is 11.6 Å². The quantitative estimate of drug-likeness (QED) is 0.352. The number of aromatic nitrogens is 2. The predicted octanol–water partition coefficient (Wildman–Crippen LogP) is 3.46. The Morgan fingerprint density at radius 3 is 2.28 bits per heavy atom. The van der Waals surface area contributed by atoms with Crippen LogP contribution in [0.3, 0.4) is 0 Å². The fourth-order valence-corrected chi connectivity index (χ4v) is 3.44. The highest BCUT2D eigenvalue weighted by Crippen LogP contribution is 2.24. The summed E-state index contributed by atoms with van der Waals surface area (Å²) in [4.78, 5) is 37.0. The summed E-state index contributed by atoms with van der Waals surface area (Å²) >= 11 is 0. The normalized spacial score (nSPS) is 10.4. The topological polar surface area (TPSA) is 112 Å². The Morgan fingerprint density at radius 1 is 0.889 bits per heavy atom. The SMILES string of the molecule is COc1ccccc1C(=O)NCC(=O)OCC(=O)Nc1cc(-c2ccccc2)nn1-c1ccccc1. The lowest BCUT2D eigenvalue weighted by atomic mass is 10.2. The van der Waals surface area contributed by atoms with Crippen LogP contribution in [0.25, 0.3) is 16.9 Å². The number of benzene rings is 3. The number of nitrogens with zero attached hydrogens (tertiary/aromatic N) is 2. The molecule has 0 atom stereocenters. The van der Waals surface area contributed by atoms with Crippen molar-refractivity contribution < 1.29 is 23.9 Å². The molecule has 9 nitrogen and oxygen atoms in total. The molecule has 182 valence electrons. The van der Waals surface area contributed by atoms with Gasteiger partial charge in [0.05, 0.1) is 24.1 Å². The molecule has 36 heavy (non-hydrogen) atoms. The van der Waals surface area contributed by atoms with Gasteiger partial charge in [-0.3, -0.25) is 14.4 Å². The van der Waals surface area contributed by atoms with Crippen molar-refractivity contribution in [3.05, 3.63) is 96.6 Å². The highest BCUT2D eigenvalue weighted by molar-refractivity contribution is 5.98. The fourth-order valence-electron chi connectivity index (χ4n) is 3.44. The van der Waals surface area contributed by atoms with E-state index in [0.717, 1.165) is 11.3 Å². The molecule has 0 fully saturated rings. The van der Waals surface area contributed by atoms with Crippen molar-refractivity contribution in [1.82, 2.24) is 15.1 Å². The van der Waals surface area contributed by atoms with Crippen LogP contribution in [0.1, 0.15) is 10.4 Å². The maximum absolute atomic E-state index is 12.6. The Balaban J connectivity index is 1.37. The summed E-state index contributed by atoms with van der Waals surface area (Å²) in [7, 11) is 1.45. The number of methoxy groups -OCH3 is 1. The molecule has 0 aliphatic rings. The van der Waals surface area contributed by atoms with Crippen molar-refractivity contribution in [1.29, 1.82) is 0 Å². The fraction of sp³-hybridized carbons (Fsp3) is 0.111. The molecule has 0 aliphatic carbocycles. The highest BCUT2D eigenvalue weighted by atomic mass is 16.5. The minimum absolute atomic E-state index is 0.286. The molecule has 0 saturated carbocycles. The van der Waals surface area contributed by atoms with Crippen molar-refractivity contribution in [2.75, 3.05) is 25.6 Å². The zero-order valence-corrected chi connectivity index (χ0v) is 19.5. The van der Waals surface area contributed by atoms with Crippen LogP contribution in [0.2, 0.25) is 0 Å². The summed E-state index contributed by atoms with van der Waals surface area (Å²) in [6.45, 7) is -0.922. The van der Waals surface area contributed by atoms with Crippen molar-refractivity contribution in [2.24, 2.45) is 0 Å². The molecular formula is C27H24N4O5. The number of esters is 1. The second kappa shape index (κ2) is 11.5. The molecule has 1 aromatic heterocycles. The van der Waals surface area contributed by atoms with E-state index in [-0.39, 0.29) is 5.56 Å². The predicted molar refractivity (Wildman–Crippen MR) is 134 cm³/mol. The van der Waals surface area contributed by atoms with Gasteiger partial charge in [-0.1, -0.05) is 60.7 Å². The number of rotatable bonds is 9. The lowest BCUT2D eigenvalue weighted by Gasteiger charge is -2.10. The van der Waals surface area contributed by atoms with E-state index in [0.29, 0.717) is 17.3 Å². The van der Waals surface area contributed by atoms with Crippen LogP contribution in [0.4, 0.5) is 5.82 Å². The summed E-state index contributed by atoms with van der Waals surface area (Å²) in [6, 6.07) is 27.3. The number of hydrogen-bond donors (Lipinski definition) is 2. The average molecular weight is 485 g/mol. The minimum atomic E-state index is -0.755. The molecule has 2 N–H and O–H groups in total. The van der Waals surface area contributed by atoms with Gasteiger partial charge in [0.25, 0.3) is 11.8 Å². The van der Waals surface area contributed by atoms with Crippen LogP contribution >= 0.6 is 0 Å². The Bertz CT molecular complexity index is 1350. The van der Waals surface area contributed by atoms with Gasteiger partial charge in [-0.2, -0.15) is 5.10 Å². The molecule has 0 unspecified atom stereocenters. The van der Waals surface area contributed by atoms with Crippen molar-refractivity contribution >= 4 is 23.6 Å². The van der Waals surface area contributed by atoms with E-state index in [9.17, 15) is 14.4 Å². The number of para-hydroxylation sites is 2. The Hall–Kier alpha value is -4.92. The molecule has 0 saturated heterocycles. The van der Waals surface area contributed by atoms with Gasteiger partial charge in [-0.15, -0.1) is 0 Å². The second-order valence-corrected chi connectivity index (χ2v) is 7.62. The van der Waals surface area contributed by atoms with E-state index in [1.54, 1.807) is 35.0 Å². The maximum atomic E-state index is 12.6. The zero-order chi connectivity index (χ0) is 25.3. The van der Waals surface area contributed by atoms with Gasteiger partial charge in [-0.25, -0.2) is 4.68 Å². The first-order valence-corrected chi connectivity index (χ1v) is 11.1. The third kappa shape index (κ3) is 5.95. The molecule has 0 aliphatic heterocycles. The molecule has 9 heteroatoms. The first-order chi connectivity index (χ1) is 17.5. The van der Waals surface area contributed by atoms with Crippen molar-refractivity contribution in [2.45, 2.75) is 0 Å². The molecule has 2 amide bonds. The first kappa shape index (κ1) is 24.2. The van der Waals surface area contributed by atoms with E-state index < -0.39 is 30.9 Å². The molecular weight excluding hydrogens is 460 g/mol. The van der Waals surface area contributed by atoms with Crippen molar-refractivity contribution in [3.63, 3.8) is 0 Å². The molecule has 0 bridgehead atoms. The average Bonchev–Trinajstić information content (AvgIpc) is 3.35. The summed E-state index contributed by atoms with van der Waals surface area (Å²) in [5, 5.41) is 9.83. The van der Waals surface area contributed by atoms with Crippen LogP contribution < -0.4 is 15.4 Å². The molecule has 3 aromatic carbocycles. The van der Waals surface area contributed by atoms with Gasteiger partial charge >= 0.3 is 5.97 Å². The van der Waals surface area contributed by atoms with Gasteiger partial charge in [0.15, 0.2) is 6.61 Å². The number of amides is 2. The van der Waals surface area contributed by atoms with Crippen LogP contribution in [-0.2, 0) is 14.3 Å². The van der Waals surface area contributed by atoms with E-state index in [2.05, 4.69) is 15.7 Å². The summed E-state index contributed by atoms with van der Waals surface area (Å²) in [5.74, 6) is -0.988. The molecule has 0 radical (unpaired) electrons. The van der Waals surface area contributed by atoms with Gasteiger partial charge in [0.1, 0.15) is 18.1 Å². The first-order valence-electron chi connectivity index (χ1n) is 11.1. The second-order valence-electron chi connectivity index (χ2n) is 7.62. The molecule has 4 rings (SSSR count). The van der Waals surface area contributed by atoms with Gasteiger partial charge in [0.2, 0.25) is 0 Å². The van der Waals surface area contributed by atoms with Crippen LogP contribution in [0, 0.1) is 0 Å². The number of hydrogen-bond acceptors (Lipinski definition) is 6. The number of anilines is 1. The van der Waals surface area contributed by atoms with E-state index in [1.165, 1.54) is 7.11 Å². The Morgan fingerprint density at radius 2 is 1.56 bits per heavy atom. The number of carbonyl (C=O) groups excluding carboxylic acids is 3. The molecule has 0 spiro atoms. The zero-order valence-electron chi connectivity index (χ0n) is 19.5. The third-order valence-electron chi connectivity index (χ3n) is 5.16. The summed E-state index contributed by atoms with van der Waals surface area (Å²) in [5.41, 5.74) is 2.60. The smallest absolute Gasteiger partial charge is 0.325 e. The molecule has 1 heterocycles. The standard InChI is InChI=1S/C27H24N4O5/c1-35-23-15-9-8-14-21(23)27(34)28-17-26(33)36-18-25(32)29-24-16-22(19-10-4-2-5-11-19)30-31(24)20-12-6-3-7-13-20/h2-16H,17-18H2,1H3,(H,28,34)(H,29,32). The number of nitrogens with one attached hydrogen (secondary N) is 2. The highest BCUT2D eigenvalue weighted by Gasteiger charge is 2.16. The largest absolute Gasteiger partial charge is 0.496 e. The molecule has 4 aromatic rings. The lowest BCUT2D eigenvalue weighted by Crippen LogP contribution is -2.32. The van der Waals surface area contributed by atoms with E-state index >= 15 is 0 Å².